The quantitative estimate of drug-likeness (QED) is 0.727. The minimum atomic E-state index is -3.62. The lowest BCUT2D eigenvalue weighted by atomic mass is 10.1. The number of aryl methyl sites for hydroxylation is 1. The fourth-order valence-electron chi connectivity index (χ4n) is 3.47. The fraction of sp³-hybridized carbons (Fsp3) is 0.556. The normalized spacial score (nSPS) is 16.8. The van der Waals surface area contributed by atoms with Crippen LogP contribution in [0, 0.1) is 19.8 Å². The van der Waals surface area contributed by atoms with E-state index in [1.54, 1.807) is 24.6 Å². The average molecular weight is 396 g/mol. The molecule has 0 aliphatic carbocycles. The predicted molar refractivity (Wildman–Crippen MR) is 98.7 cm³/mol. The molecule has 1 saturated heterocycles. The second-order valence-electron chi connectivity index (χ2n) is 7.06. The molecule has 0 atom stereocenters. The van der Waals surface area contributed by atoms with Crippen LogP contribution in [0.3, 0.4) is 0 Å². The van der Waals surface area contributed by atoms with Crippen molar-refractivity contribution >= 4 is 10.0 Å². The van der Waals surface area contributed by atoms with Gasteiger partial charge in [0.05, 0.1) is 11.4 Å². The Morgan fingerprint density at radius 2 is 1.89 bits per heavy atom. The number of rotatable bonds is 5. The first kappa shape index (κ1) is 19.8. The summed E-state index contributed by atoms with van der Waals surface area (Å²) in [4.78, 5) is 3.99. The Kier molecular flexibility index (Phi) is 5.53. The van der Waals surface area contributed by atoms with Crippen LogP contribution in [0.15, 0.2) is 23.1 Å². The van der Waals surface area contributed by atoms with Crippen molar-refractivity contribution in [3.8, 4) is 5.88 Å². The average Bonchev–Trinajstić information content (AvgIpc) is 2.91. The Morgan fingerprint density at radius 3 is 2.44 bits per heavy atom. The van der Waals surface area contributed by atoms with E-state index < -0.39 is 16.0 Å². The summed E-state index contributed by atoms with van der Waals surface area (Å²) in [6.45, 7) is 8.14. The molecular weight excluding hydrogens is 371 g/mol. The van der Waals surface area contributed by atoms with Gasteiger partial charge in [-0.05, 0) is 46.6 Å². The van der Waals surface area contributed by atoms with Gasteiger partial charge in [0.1, 0.15) is 11.0 Å². The van der Waals surface area contributed by atoms with E-state index in [0.29, 0.717) is 42.2 Å². The van der Waals surface area contributed by atoms with Crippen LogP contribution in [0.25, 0.3) is 0 Å². The van der Waals surface area contributed by atoms with Crippen molar-refractivity contribution in [3.63, 3.8) is 0 Å². The van der Waals surface area contributed by atoms with Crippen LogP contribution in [0.1, 0.15) is 44.1 Å². The minimum absolute atomic E-state index is 0.0885. The molecule has 0 spiro atoms. The van der Waals surface area contributed by atoms with E-state index in [1.165, 1.54) is 16.4 Å². The van der Waals surface area contributed by atoms with Crippen molar-refractivity contribution in [3.05, 3.63) is 35.5 Å². The van der Waals surface area contributed by atoms with Gasteiger partial charge in [-0.3, -0.25) is 4.68 Å². The number of ether oxygens (including phenoxy) is 1. The lowest BCUT2D eigenvalue weighted by Gasteiger charge is -2.31. The van der Waals surface area contributed by atoms with Crippen molar-refractivity contribution in [1.82, 2.24) is 19.1 Å². The molecule has 0 amide bonds. The van der Waals surface area contributed by atoms with Crippen LogP contribution >= 0.6 is 0 Å². The summed E-state index contributed by atoms with van der Waals surface area (Å²) in [6, 6.07) is 4.48. The van der Waals surface area contributed by atoms with E-state index in [2.05, 4.69) is 10.1 Å². The van der Waals surface area contributed by atoms with E-state index >= 15 is 0 Å². The first-order valence-corrected chi connectivity index (χ1v) is 10.5. The van der Waals surface area contributed by atoms with Crippen molar-refractivity contribution in [2.75, 3.05) is 13.1 Å². The number of piperidine rings is 1. The second kappa shape index (κ2) is 7.55. The fourth-order valence-corrected chi connectivity index (χ4v) is 5.30. The molecule has 9 heteroatoms. The largest absolute Gasteiger partial charge is 0.474 e. The van der Waals surface area contributed by atoms with E-state index in [0.717, 1.165) is 0 Å². The third-order valence-corrected chi connectivity index (χ3v) is 6.88. The summed E-state index contributed by atoms with van der Waals surface area (Å²) >= 11 is 0. The smallest absolute Gasteiger partial charge is 0.246 e. The number of nitrogens with zero attached hydrogens (tertiary/aromatic N) is 4. The number of halogens is 1. The molecule has 0 unspecified atom stereocenters. The Balaban J connectivity index is 1.72. The highest BCUT2D eigenvalue weighted by atomic mass is 32.2. The standard InChI is InChI=1S/C18H25FN4O3S/c1-12(2)23-14(4)18(13(3)21-23)27(24,25)22-10-8-15(9-11-22)26-17-7-5-6-16(19)20-17/h5-7,12,15H,8-11H2,1-4H3. The van der Waals surface area contributed by atoms with Crippen LogP contribution in [0.4, 0.5) is 4.39 Å². The molecule has 148 valence electrons. The molecule has 0 N–H and O–H groups in total. The molecule has 1 aliphatic rings. The Labute approximate surface area is 159 Å². The highest BCUT2D eigenvalue weighted by Crippen LogP contribution is 2.28. The molecule has 0 aromatic carbocycles. The monoisotopic (exact) mass is 396 g/mol. The number of aromatic nitrogens is 3. The van der Waals surface area contributed by atoms with Crippen LogP contribution in [-0.2, 0) is 10.0 Å². The van der Waals surface area contributed by atoms with Crippen LogP contribution in [0.5, 0.6) is 5.88 Å². The third-order valence-electron chi connectivity index (χ3n) is 4.72. The first-order valence-electron chi connectivity index (χ1n) is 9.05. The molecule has 3 rings (SSSR count). The van der Waals surface area contributed by atoms with E-state index in [-0.39, 0.29) is 18.0 Å². The summed E-state index contributed by atoms with van der Waals surface area (Å²) in [5.74, 6) is -0.373. The number of hydrogen-bond acceptors (Lipinski definition) is 5. The maximum atomic E-state index is 13.2. The van der Waals surface area contributed by atoms with Crippen LogP contribution < -0.4 is 4.74 Å². The summed E-state index contributed by atoms with van der Waals surface area (Å²) in [5, 5.41) is 4.39. The Morgan fingerprint density at radius 1 is 1.22 bits per heavy atom. The minimum Gasteiger partial charge on any atom is -0.474 e. The van der Waals surface area contributed by atoms with Gasteiger partial charge in [0.2, 0.25) is 21.9 Å². The Hall–Kier alpha value is -2.00. The molecule has 1 aliphatic heterocycles. The molecule has 2 aromatic heterocycles. The molecule has 1 fully saturated rings. The topological polar surface area (TPSA) is 77.3 Å². The molecule has 27 heavy (non-hydrogen) atoms. The molecule has 2 aromatic rings. The predicted octanol–water partition coefficient (Wildman–Crippen LogP) is 2.85. The second-order valence-corrected chi connectivity index (χ2v) is 8.93. The van der Waals surface area contributed by atoms with Gasteiger partial charge in [-0.2, -0.15) is 18.8 Å². The lowest BCUT2D eigenvalue weighted by Crippen LogP contribution is -2.42. The van der Waals surface area contributed by atoms with Crippen molar-refractivity contribution in [1.29, 1.82) is 0 Å². The number of sulfonamides is 1. The van der Waals surface area contributed by atoms with E-state index in [9.17, 15) is 12.8 Å². The highest BCUT2D eigenvalue weighted by molar-refractivity contribution is 7.89. The summed E-state index contributed by atoms with van der Waals surface area (Å²) in [6.07, 6.45) is 0.855. The van der Waals surface area contributed by atoms with Gasteiger partial charge in [0, 0.05) is 25.2 Å². The molecule has 0 bridgehead atoms. The molecular formula is C18H25FN4O3S. The highest BCUT2D eigenvalue weighted by Gasteiger charge is 2.34. The Bertz CT molecular complexity index is 919. The zero-order chi connectivity index (χ0) is 19.8. The van der Waals surface area contributed by atoms with Gasteiger partial charge in [-0.25, -0.2) is 8.42 Å². The molecule has 0 radical (unpaired) electrons. The van der Waals surface area contributed by atoms with Gasteiger partial charge in [0.25, 0.3) is 0 Å². The van der Waals surface area contributed by atoms with E-state index in [4.69, 9.17) is 4.74 Å². The summed E-state index contributed by atoms with van der Waals surface area (Å²) in [7, 11) is -3.62. The van der Waals surface area contributed by atoms with Crippen molar-refractivity contribution < 1.29 is 17.5 Å². The zero-order valence-corrected chi connectivity index (χ0v) is 16.8. The summed E-state index contributed by atoms with van der Waals surface area (Å²) in [5.41, 5.74) is 1.17. The van der Waals surface area contributed by atoms with Gasteiger partial charge in [-0.1, -0.05) is 6.07 Å². The first-order chi connectivity index (χ1) is 12.7. The van der Waals surface area contributed by atoms with Gasteiger partial charge in [-0.15, -0.1) is 0 Å². The molecule has 7 nitrogen and oxygen atoms in total. The van der Waals surface area contributed by atoms with Gasteiger partial charge in [0.15, 0.2) is 0 Å². The van der Waals surface area contributed by atoms with Crippen molar-refractivity contribution in [2.24, 2.45) is 0 Å². The maximum absolute atomic E-state index is 13.2. The SMILES string of the molecule is Cc1nn(C(C)C)c(C)c1S(=O)(=O)N1CCC(Oc2cccc(F)n2)CC1. The third kappa shape index (κ3) is 3.98. The van der Waals surface area contributed by atoms with Crippen LogP contribution in [-0.4, -0.2) is 46.7 Å². The summed E-state index contributed by atoms with van der Waals surface area (Å²) < 4.78 is 48.4. The van der Waals surface area contributed by atoms with Gasteiger partial charge < -0.3 is 4.74 Å². The molecule has 3 heterocycles. The zero-order valence-electron chi connectivity index (χ0n) is 16.0. The van der Waals surface area contributed by atoms with E-state index in [1.807, 2.05) is 13.8 Å². The number of pyridine rings is 1. The number of hydrogen-bond donors (Lipinski definition) is 0. The van der Waals surface area contributed by atoms with Crippen LogP contribution in [0.2, 0.25) is 0 Å². The maximum Gasteiger partial charge on any atom is 0.246 e. The van der Waals surface area contributed by atoms with Crippen molar-refractivity contribution in [2.45, 2.75) is 57.6 Å². The molecule has 0 saturated carbocycles. The van der Waals surface area contributed by atoms with Gasteiger partial charge >= 0.3 is 0 Å². The lowest BCUT2D eigenvalue weighted by molar-refractivity contribution is 0.128.